The average molecular weight is 518 g/mol. The number of likely N-dealkylation sites (tertiary alicyclic amines) is 1. The van der Waals surface area contributed by atoms with E-state index in [-0.39, 0.29) is 22.8 Å². The molecule has 1 atom stereocenters. The van der Waals surface area contributed by atoms with Gasteiger partial charge in [-0.25, -0.2) is 18.1 Å². The highest BCUT2D eigenvalue weighted by Gasteiger charge is 2.23. The Morgan fingerprint density at radius 3 is 2.78 bits per heavy atom. The topological polar surface area (TPSA) is 130 Å². The van der Waals surface area contributed by atoms with Crippen molar-refractivity contribution in [1.82, 2.24) is 24.2 Å². The molecule has 4 rings (SSSR count). The van der Waals surface area contributed by atoms with Crippen LogP contribution in [-0.2, 0) is 16.6 Å². The van der Waals surface area contributed by atoms with Gasteiger partial charge in [-0.2, -0.15) is 0 Å². The van der Waals surface area contributed by atoms with Crippen LogP contribution in [0.2, 0.25) is 0 Å². The molecule has 0 saturated carbocycles. The molecule has 1 unspecified atom stereocenters. The van der Waals surface area contributed by atoms with E-state index in [2.05, 4.69) is 16.6 Å². The lowest BCUT2D eigenvalue weighted by molar-refractivity contribution is 0.0379. The summed E-state index contributed by atoms with van der Waals surface area (Å²) in [4.78, 5) is 22.5. The van der Waals surface area contributed by atoms with Crippen LogP contribution in [0.4, 0.5) is 0 Å². The summed E-state index contributed by atoms with van der Waals surface area (Å²) in [5.74, 6) is 0.693. The number of aryl methyl sites for hydroxylation is 2. The van der Waals surface area contributed by atoms with Crippen molar-refractivity contribution in [1.29, 1.82) is 0 Å². The minimum absolute atomic E-state index is 0.0602. The number of fused-ring (bicyclic) bond motifs is 1. The summed E-state index contributed by atoms with van der Waals surface area (Å²) in [6, 6.07) is 4.57. The van der Waals surface area contributed by atoms with Crippen LogP contribution in [0.5, 0.6) is 5.75 Å². The maximum atomic E-state index is 13.1. The number of aromatic nitrogens is 3. The molecule has 3 N–H and O–H groups in total. The molecule has 1 aromatic carbocycles. The number of aliphatic hydroxyl groups is 1. The molecule has 3 heterocycles. The fourth-order valence-corrected chi connectivity index (χ4v) is 5.81. The van der Waals surface area contributed by atoms with Crippen LogP contribution in [0.15, 0.2) is 34.1 Å². The van der Waals surface area contributed by atoms with Crippen molar-refractivity contribution < 1.29 is 18.3 Å². The summed E-state index contributed by atoms with van der Waals surface area (Å²) >= 11 is 0. The van der Waals surface area contributed by atoms with Gasteiger partial charge in [0.05, 0.1) is 22.5 Å². The van der Waals surface area contributed by atoms with Gasteiger partial charge in [0.1, 0.15) is 23.4 Å². The lowest BCUT2D eigenvalue weighted by atomic mass is 10.1. The Kier molecular flexibility index (Phi) is 8.13. The van der Waals surface area contributed by atoms with Crippen LogP contribution in [-0.4, -0.2) is 65.4 Å². The molecule has 2 aromatic heterocycles. The number of aromatic amines is 1. The van der Waals surface area contributed by atoms with Gasteiger partial charge in [-0.3, -0.25) is 9.69 Å². The minimum Gasteiger partial charge on any atom is -0.493 e. The third kappa shape index (κ3) is 5.49. The van der Waals surface area contributed by atoms with E-state index in [1.54, 1.807) is 6.07 Å². The van der Waals surface area contributed by atoms with E-state index in [4.69, 9.17) is 9.72 Å². The van der Waals surface area contributed by atoms with Gasteiger partial charge in [-0.05, 0) is 63.3 Å². The largest absolute Gasteiger partial charge is 0.493 e. The zero-order valence-electron chi connectivity index (χ0n) is 21.1. The fraction of sp³-hybridized carbons (Fsp3) is 0.520. The third-order valence-corrected chi connectivity index (χ3v) is 7.90. The van der Waals surface area contributed by atoms with Crippen molar-refractivity contribution in [3.05, 3.63) is 40.3 Å². The van der Waals surface area contributed by atoms with Crippen molar-refractivity contribution in [2.24, 2.45) is 0 Å². The number of ether oxygens (including phenoxy) is 1. The number of benzene rings is 1. The molecule has 0 spiro atoms. The molecule has 11 heteroatoms. The Morgan fingerprint density at radius 1 is 1.28 bits per heavy atom. The Balaban J connectivity index is 1.64. The molecule has 1 aliphatic rings. The summed E-state index contributed by atoms with van der Waals surface area (Å²) in [7, 11) is -3.81. The molecule has 1 saturated heterocycles. The van der Waals surface area contributed by atoms with Gasteiger partial charge in [0.25, 0.3) is 5.56 Å². The lowest BCUT2D eigenvalue weighted by Gasteiger charge is -2.19. The first-order valence-electron chi connectivity index (χ1n) is 12.5. The standard InChI is InChI=1S/C25H35N5O5S/c1-4-12-30-16-17(3)22-24(30)27-23(28-25(22)32)19-15-18(9-10-20(19)35-5-2)36(33,34)26-11-7-14-29-13-6-8-21(29)31/h9-10,15-16,21,26,31H,4-8,11-14H2,1-3H3,(H,27,28,32). The molecule has 0 aliphatic carbocycles. The smallest absolute Gasteiger partial charge is 0.260 e. The number of hydrogen-bond donors (Lipinski definition) is 3. The first kappa shape index (κ1) is 26.3. The van der Waals surface area contributed by atoms with Crippen molar-refractivity contribution in [3.8, 4) is 17.1 Å². The fourth-order valence-electron chi connectivity index (χ4n) is 4.71. The Morgan fingerprint density at radius 2 is 2.08 bits per heavy atom. The van der Waals surface area contributed by atoms with Crippen molar-refractivity contribution in [3.63, 3.8) is 0 Å². The monoisotopic (exact) mass is 517 g/mol. The highest BCUT2D eigenvalue weighted by molar-refractivity contribution is 7.89. The van der Waals surface area contributed by atoms with E-state index in [9.17, 15) is 18.3 Å². The highest BCUT2D eigenvalue weighted by atomic mass is 32.2. The van der Waals surface area contributed by atoms with Crippen LogP contribution < -0.4 is 15.0 Å². The second kappa shape index (κ2) is 11.1. The summed E-state index contributed by atoms with van der Waals surface area (Å²) in [6.07, 6.45) is 4.64. The number of aliphatic hydroxyl groups excluding tert-OH is 1. The van der Waals surface area contributed by atoms with E-state index in [0.29, 0.717) is 48.5 Å². The van der Waals surface area contributed by atoms with Gasteiger partial charge in [-0.15, -0.1) is 0 Å². The van der Waals surface area contributed by atoms with Gasteiger partial charge >= 0.3 is 0 Å². The van der Waals surface area contributed by atoms with Crippen LogP contribution in [0.3, 0.4) is 0 Å². The molecule has 10 nitrogen and oxygen atoms in total. The number of H-pyrrole nitrogens is 1. The number of sulfonamides is 1. The predicted octanol–water partition coefficient (Wildman–Crippen LogP) is 2.59. The van der Waals surface area contributed by atoms with E-state index in [1.165, 1.54) is 12.1 Å². The second-order valence-electron chi connectivity index (χ2n) is 9.12. The summed E-state index contributed by atoms with van der Waals surface area (Å²) in [5.41, 5.74) is 1.53. The summed E-state index contributed by atoms with van der Waals surface area (Å²) in [5, 5.41) is 10.4. The Labute approximate surface area is 211 Å². The molecule has 3 aromatic rings. The van der Waals surface area contributed by atoms with Crippen LogP contribution >= 0.6 is 0 Å². The van der Waals surface area contributed by atoms with E-state index < -0.39 is 16.3 Å². The average Bonchev–Trinajstić information content (AvgIpc) is 3.39. The molecule has 1 aliphatic heterocycles. The normalized spacial score (nSPS) is 16.7. The summed E-state index contributed by atoms with van der Waals surface area (Å²) in [6.45, 7) is 8.55. The molecule has 0 bridgehead atoms. The van der Waals surface area contributed by atoms with E-state index in [0.717, 1.165) is 31.4 Å². The van der Waals surface area contributed by atoms with Crippen molar-refractivity contribution in [2.75, 3.05) is 26.2 Å². The quantitative estimate of drug-likeness (QED) is 0.333. The Hall–Kier alpha value is -2.73. The van der Waals surface area contributed by atoms with Crippen molar-refractivity contribution >= 4 is 21.1 Å². The molecule has 0 amide bonds. The second-order valence-corrected chi connectivity index (χ2v) is 10.9. The van der Waals surface area contributed by atoms with Gasteiger partial charge in [-0.1, -0.05) is 6.92 Å². The van der Waals surface area contributed by atoms with Gasteiger partial charge in [0.2, 0.25) is 10.0 Å². The number of rotatable bonds is 11. The zero-order chi connectivity index (χ0) is 25.9. The van der Waals surface area contributed by atoms with Crippen LogP contribution in [0.25, 0.3) is 22.4 Å². The molecular formula is C25H35N5O5S. The lowest BCUT2D eigenvalue weighted by Crippen LogP contribution is -2.33. The maximum Gasteiger partial charge on any atom is 0.260 e. The summed E-state index contributed by atoms with van der Waals surface area (Å²) < 4.78 is 36.4. The minimum atomic E-state index is -3.81. The molecule has 36 heavy (non-hydrogen) atoms. The van der Waals surface area contributed by atoms with E-state index >= 15 is 0 Å². The number of nitrogens with zero attached hydrogens (tertiary/aromatic N) is 3. The zero-order valence-corrected chi connectivity index (χ0v) is 21.9. The Bertz CT molecular complexity index is 1380. The first-order valence-corrected chi connectivity index (χ1v) is 14.0. The van der Waals surface area contributed by atoms with Gasteiger partial charge in [0, 0.05) is 32.4 Å². The molecule has 196 valence electrons. The van der Waals surface area contributed by atoms with Crippen LogP contribution in [0, 0.1) is 6.92 Å². The first-order chi connectivity index (χ1) is 17.2. The van der Waals surface area contributed by atoms with E-state index in [1.807, 2.05) is 29.5 Å². The SMILES string of the molecule is CCCn1cc(C)c2c(=O)[nH]c(-c3cc(S(=O)(=O)NCCCN4CCCC4O)ccc3OCC)nc21. The number of hydrogen-bond acceptors (Lipinski definition) is 7. The van der Waals surface area contributed by atoms with Gasteiger partial charge < -0.3 is 19.4 Å². The molecule has 0 radical (unpaired) electrons. The third-order valence-electron chi connectivity index (χ3n) is 6.44. The predicted molar refractivity (Wildman–Crippen MR) is 139 cm³/mol. The maximum absolute atomic E-state index is 13.1. The van der Waals surface area contributed by atoms with Gasteiger partial charge in [0.15, 0.2) is 0 Å². The number of nitrogens with one attached hydrogen (secondary N) is 2. The molecular weight excluding hydrogens is 482 g/mol. The molecule has 1 fully saturated rings. The van der Waals surface area contributed by atoms with Crippen molar-refractivity contribution in [2.45, 2.75) is 64.1 Å². The van der Waals surface area contributed by atoms with Crippen LogP contribution in [0.1, 0.15) is 45.1 Å². The highest BCUT2D eigenvalue weighted by Crippen LogP contribution is 2.31.